The van der Waals surface area contributed by atoms with Crippen molar-refractivity contribution >= 4 is 15.7 Å². The van der Waals surface area contributed by atoms with Crippen LogP contribution in [0.4, 0.5) is 0 Å². The largest absolute Gasteiger partial charge is 0.339 e. The first-order valence-electron chi connectivity index (χ1n) is 9.07. The summed E-state index contributed by atoms with van der Waals surface area (Å²) in [5.74, 6) is 0.256. The Morgan fingerprint density at radius 1 is 0.864 bits per heavy atom. The molecule has 3 saturated carbocycles. The zero-order valence-corrected chi connectivity index (χ0v) is 14.3. The molecule has 0 aromatic rings. The van der Waals surface area contributed by atoms with E-state index in [2.05, 4.69) is 0 Å². The Kier molecular flexibility index (Phi) is 5.10. The van der Waals surface area contributed by atoms with E-state index in [0.29, 0.717) is 12.0 Å². The average Bonchev–Trinajstić information content (AvgIpc) is 3.13. The first-order valence-corrected chi connectivity index (χ1v) is 10.8. The van der Waals surface area contributed by atoms with Crippen molar-refractivity contribution in [2.45, 2.75) is 81.9 Å². The maximum absolute atomic E-state index is 12.7. The van der Waals surface area contributed by atoms with Crippen molar-refractivity contribution in [3.8, 4) is 0 Å². The predicted molar refractivity (Wildman–Crippen MR) is 87.4 cm³/mol. The second kappa shape index (κ2) is 6.90. The molecule has 126 valence electrons. The molecule has 0 spiro atoms. The van der Waals surface area contributed by atoms with Crippen LogP contribution in [0.25, 0.3) is 0 Å². The Morgan fingerprint density at radius 3 is 2.05 bits per heavy atom. The quantitative estimate of drug-likeness (QED) is 0.754. The van der Waals surface area contributed by atoms with Gasteiger partial charge in [0.2, 0.25) is 5.91 Å². The van der Waals surface area contributed by atoms with Gasteiger partial charge in [0.15, 0.2) is 9.84 Å². The minimum atomic E-state index is -3.25. The highest BCUT2D eigenvalue weighted by Gasteiger charge is 2.36. The summed E-state index contributed by atoms with van der Waals surface area (Å²) >= 11 is 0. The molecule has 3 fully saturated rings. The number of carbonyl (C=O) groups excluding carboxylic acids is 1. The van der Waals surface area contributed by atoms with Crippen LogP contribution in [0.15, 0.2) is 0 Å². The van der Waals surface area contributed by atoms with Crippen molar-refractivity contribution in [1.29, 1.82) is 0 Å². The summed E-state index contributed by atoms with van der Waals surface area (Å²) in [5.41, 5.74) is 0. The summed E-state index contributed by atoms with van der Waals surface area (Å²) in [7, 11) is -3.25. The lowest BCUT2D eigenvalue weighted by Gasteiger charge is -2.34. The van der Waals surface area contributed by atoms with Crippen molar-refractivity contribution < 1.29 is 13.2 Å². The van der Waals surface area contributed by atoms with Gasteiger partial charge >= 0.3 is 0 Å². The fraction of sp³-hybridized carbons (Fsp3) is 0.941. The Morgan fingerprint density at radius 2 is 1.45 bits per heavy atom. The molecular formula is C17H29NO3S. The van der Waals surface area contributed by atoms with Crippen LogP contribution in [0.3, 0.4) is 0 Å². The van der Waals surface area contributed by atoms with Gasteiger partial charge in [0.1, 0.15) is 5.75 Å². The Bertz CT molecular complexity index is 486. The van der Waals surface area contributed by atoms with Crippen LogP contribution in [0, 0.1) is 5.92 Å². The van der Waals surface area contributed by atoms with Crippen LogP contribution in [0.1, 0.15) is 70.6 Å². The molecule has 3 aliphatic carbocycles. The molecule has 0 bridgehead atoms. The molecule has 1 amide bonds. The van der Waals surface area contributed by atoms with Crippen LogP contribution in [-0.2, 0) is 14.6 Å². The molecule has 3 aliphatic rings. The van der Waals surface area contributed by atoms with Crippen molar-refractivity contribution in [2.24, 2.45) is 5.92 Å². The summed E-state index contributed by atoms with van der Waals surface area (Å²) in [5, 5.41) is -0.259. The number of rotatable bonds is 6. The van der Waals surface area contributed by atoms with Gasteiger partial charge in [-0.2, -0.15) is 0 Å². The van der Waals surface area contributed by atoms with Gasteiger partial charge in [0, 0.05) is 12.6 Å². The second-order valence-corrected chi connectivity index (χ2v) is 9.78. The molecule has 0 aromatic carbocycles. The fourth-order valence-electron chi connectivity index (χ4n) is 4.05. The molecule has 0 saturated heterocycles. The topological polar surface area (TPSA) is 54.5 Å². The molecule has 0 atom stereocenters. The first kappa shape index (κ1) is 16.3. The zero-order chi connectivity index (χ0) is 15.6. The van der Waals surface area contributed by atoms with Gasteiger partial charge in [-0.25, -0.2) is 8.42 Å². The number of hydrogen-bond donors (Lipinski definition) is 0. The van der Waals surface area contributed by atoms with Gasteiger partial charge in [0.25, 0.3) is 0 Å². The van der Waals surface area contributed by atoms with Crippen LogP contribution in [0.2, 0.25) is 0 Å². The smallest absolute Gasteiger partial charge is 0.238 e. The van der Waals surface area contributed by atoms with E-state index >= 15 is 0 Å². The normalized spacial score (nSPS) is 24.5. The van der Waals surface area contributed by atoms with E-state index in [1.807, 2.05) is 4.90 Å². The minimum absolute atomic E-state index is 0.120. The maximum Gasteiger partial charge on any atom is 0.238 e. The van der Waals surface area contributed by atoms with Gasteiger partial charge < -0.3 is 4.90 Å². The summed E-state index contributed by atoms with van der Waals surface area (Å²) < 4.78 is 25.0. The lowest BCUT2D eigenvalue weighted by atomic mass is 9.94. The van der Waals surface area contributed by atoms with Crippen molar-refractivity contribution in [3.63, 3.8) is 0 Å². The number of sulfone groups is 1. The van der Waals surface area contributed by atoms with Gasteiger partial charge in [-0.15, -0.1) is 0 Å². The summed E-state index contributed by atoms with van der Waals surface area (Å²) in [6.45, 7) is 0.795. The Hall–Kier alpha value is -0.580. The van der Waals surface area contributed by atoms with Gasteiger partial charge in [-0.05, 0) is 44.4 Å². The SMILES string of the molecule is O=C(CS(=O)(=O)C1CCCC1)N(CC1CC1)C1CCCCC1. The molecule has 0 aromatic heterocycles. The van der Waals surface area contributed by atoms with Crippen molar-refractivity contribution in [2.75, 3.05) is 12.3 Å². The third-order valence-electron chi connectivity index (χ3n) is 5.62. The summed E-state index contributed by atoms with van der Waals surface area (Å²) in [4.78, 5) is 14.7. The van der Waals surface area contributed by atoms with Crippen molar-refractivity contribution in [1.82, 2.24) is 4.90 Å². The predicted octanol–water partition coefficient (Wildman–Crippen LogP) is 2.92. The minimum Gasteiger partial charge on any atom is -0.339 e. The first-order chi connectivity index (χ1) is 10.6. The highest BCUT2D eigenvalue weighted by Crippen LogP contribution is 2.33. The van der Waals surface area contributed by atoms with Crippen molar-refractivity contribution in [3.05, 3.63) is 0 Å². The maximum atomic E-state index is 12.7. The van der Waals surface area contributed by atoms with Crippen LogP contribution in [-0.4, -0.2) is 42.8 Å². The standard InChI is InChI=1S/C17H29NO3S/c19-17(13-22(20,21)16-8-4-5-9-16)18(12-14-10-11-14)15-6-2-1-3-7-15/h14-16H,1-13H2. The Balaban J connectivity index is 1.65. The van der Waals surface area contributed by atoms with Gasteiger partial charge in [0.05, 0.1) is 5.25 Å². The molecule has 0 N–H and O–H groups in total. The van der Waals surface area contributed by atoms with Crippen LogP contribution < -0.4 is 0 Å². The third kappa shape index (κ3) is 4.03. The molecule has 3 rings (SSSR count). The van der Waals surface area contributed by atoms with E-state index in [0.717, 1.165) is 45.1 Å². The second-order valence-electron chi connectivity index (χ2n) is 7.49. The van der Waals surface area contributed by atoms with Crippen LogP contribution in [0.5, 0.6) is 0 Å². The van der Waals surface area contributed by atoms with E-state index in [1.54, 1.807) is 0 Å². The summed E-state index contributed by atoms with van der Waals surface area (Å²) in [6.07, 6.45) is 11.6. The molecule has 0 heterocycles. The van der Waals surface area contributed by atoms with E-state index in [-0.39, 0.29) is 16.9 Å². The fourth-order valence-corrected chi connectivity index (χ4v) is 5.84. The average molecular weight is 327 g/mol. The molecule has 5 heteroatoms. The highest BCUT2D eigenvalue weighted by molar-refractivity contribution is 7.92. The van der Waals surface area contributed by atoms with Gasteiger partial charge in [-0.3, -0.25) is 4.79 Å². The molecule has 4 nitrogen and oxygen atoms in total. The van der Waals surface area contributed by atoms with E-state index in [9.17, 15) is 13.2 Å². The molecule has 0 aliphatic heterocycles. The number of hydrogen-bond acceptors (Lipinski definition) is 3. The van der Waals surface area contributed by atoms with Crippen LogP contribution >= 0.6 is 0 Å². The monoisotopic (exact) mass is 327 g/mol. The molecule has 22 heavy (non-hydrogen) atoms. The molecular weight excluding hydrogens is 298 g/mol. The third-order valence-corrected chi connectivity index (χ3v) is 7.76. The van der Waals surface area contributed by atoms with E-state index in [1.165, 1.54) is 32.1 Å². The Labute approximate surface area is 134 Å². The number of nitrogens with zero attached hydrogens (tertiary/aromatic N) is 1. The van der Waals surface area contributed by atoms with E-state index < -0.39 is 9.84 Å². The lowest BCUT2D eigenvalue weighted by molar-refractivity contribution is -0.131. The van der Waals surface area contributed by atoms with Gasteiger partial charge in [-0.1, -0.05) is 32.1 Å². The molecule has 0 unspecified atom stereocenters. The highest BCUT2D eigenvalue weighted by atomic mass is 32.2. The number of carbonyl (C=O) groups is 1. The molecule has 0 radical (unpaired) electrons. The zero-order valence-electron chi connectivity index (χ0n) is 13.5. The lowest BCUT2D eigenvalue weighted by Crippen LogP contribution is -2.46. The van der Waals surface area contributed by atoms with E-state index in [4.69, 9.17) is 0 Å². The summed E-state index contributed by atoms with van der Waals surface area (Å²) in [6, 6.07) is 0.292. The number of amides is 1.